The van der Waals surface area contributed by atoms with Crippen LogP contribution >= 0.6 is 0 Å². The van der Waals surface area contributed by atoms with Crippen molar-refractivity contribution in [2.75, 3.05) is 13.2 Å². The van der Waals surface area contributed by atoms with E-state index in [1.54, 1.807) is 6.33 Å². The number of hydrogen-bond acceptors (Lipinski definition) is 4. The normalized spacial score (nSPS) is 10.9. The third-order valence-corrected chi connectivity index (χ3v) is 1.89. The number of nitrogens with one attached hydrogen (secondary N) is 1. The maximum Gasteiger partial charge on any atom is 0.115 e. The fraction of sp³-hybridized carbons (Fsp3) is 0.636. The van der Waals surface area contributed by atoms with Gasteiger partial charge in [-0.3, -0.25) is 0 Å². The zero-order valence-electron chi connectivity index (χ0n) is 9.44. The number of rotatable bonds is 7. The van der Waals surface area contributed by atoms with Crippen LogP contribution in [0.4, 0.5) is 0 Å². The standard InChI is InChI=1S/C11H19N3O/c1-10(2)15-5-3-4-12-6-11-7-13-9-14-8-11/h7-10,12H,3-6H2,1-2H3. The van der Waals surface area contributed by atoms with E-state index < -0.39 is 0 Å². The van der Waals surface area contributed by atoms with Crippen LogP contribution in [0.2, 0.25) is 0 Å². The van der Waals surface area contributed by atoms with Crippen LogP contribution in [-0.4, -0.2) is 29.2 Å². The topological polar surface area (TPSA) is 47.0 Å². The third-order valence-electron chi connectivity index (χ3n) is 1.89. The van der Waals surface area contributed by atoms with Crippen LogP contribution in [0.3, 0.4) is 0 Å². The average Bonchev–Trinajstić information content (AvgIpc) is 2.24. The monoisotopic (exact) mass is 209 g/mol. The first-order valence-electron chi connectivity index (χ1n) is 5.35. The lowest BCUT2D eigenvalue weighted by Crippen LogP contribution is -2.17. The van der Waals surface area contributed by atoms with Gasteiger partial charge in [-0.15, -0.1) is 0 Å². The molecule has 0 fully saturated rings. The Hall–Kier alpha value is -1.00. The maximum atomic E-state index is 5.43. The molecule has 0 bridgehead atoms. The fourth-order valence-corrected chi connectivity index (χ4v) is 1.17. The van der Waals surface area contributed by atoms with E-state index in [0.29, 0.717) is 6.10 Å². The van der Waals surface area contributed by atoms with Gasteiger partial charge in [-0.05, 0) is 26.8 Å². The van der Waals surface area contributed by atoms with Gasteiger partial charge in [0.25, 0.3) is 0 Å². The van der Waals surface area contributed by atoms with E-state index in [4.69, 9.17) is 4.74 Å². The summed E-state index contributed by atoms with van der Waals surface area (Å²) in [7, 11) is 0. The van der Waals surface area contributed by atoms with Crippen LogP contribution in [0.15, 0.2) is 18.7 Å². The Balaban J connectivity index is 1.98. The summed E-state index contributed by atoms with van der Waals surface area (Å²) in [6.07, 6.45) is 6.55. The first-order chi connectivity index (χ1) is 7.29. The van der Waals surface area contributed by atoms with Crippen LogP contribution < -0.4 is 5.32 Å². The second-order valence-corrected chi connectivity index (χ2v) is 3.70. The van der Waals surface area contributed by atoms with Gasteiger partial charge in [0.05, 0.1) is 6.10 Å². The lowest BCUT2D eigenvalue weighted by molar-refractivity contribution is 0.0770. The van der Waals surface area contributed by atoms with Gasteiger partial charge in [0.2, 0.25) is 0 Å². The summed E-state index contributed by atoms with van der Waals surface area (Å²) >= 11 is 0. The van der Waals surface area contributed by atoms with Crippen molar-refractivity contribution >= 4 is 0 Å². The van der Waals surface area contributed by atoms with Gasteiger partial charge < -0.3 is 10.1 Å². The molecule has 1 N–H and O–H groups in total. The Bertz CT molecular complexity index is 251. The summed E-state index contributed by atoms with van der Waals surface area (Å²) in [4.78, 5) is 7.89. The molecule has 1 aromatic heterocycles. The van der Waals surface area contributed by atoms with Crippen LogP contribution in [0, 0.1) is 0 Å². The number of nitrogens with zero attached hydrogens (tertiary/aromatic N) is 2. The summed E-state index contributed by atoms with van der Waals surface area (Å²) in [5, 5.41) is 3.32. The van der Waals surface area contributed by atoms with Crippen LogP contribution in [0.25, 0.3) is 0 Å². The van der Waals surface area contributed by atoms with Crippen molar-refractivity contribution in [3.05, 3.63) is 24.3 Å². The Kier molecular flexibility index (Phi) is 5.88. The fourth-order valence-electron chi connectivity index (χ4n) is 1.17. The molecular formula is C11H19N3O. The van der Waals surface area contributed by atoms with E-state index in [2.05, 4.69) is 29.1 Å². The second kappa shape index (κ2) is 7.31. The molecule has 84 valence electrons. The Labute approximate surface area is 91.1 Å². The molecule has 0 unspecified atom stereocenters. The van der Waals surface area contributed by atoms with Crippen LogP contribution in [-0.2, 0) is 11.3 Å². The van der Waals surface area contributed by atoms with E-state index in [-0.39, 0.29) is 0 Å². The van der Waals surface area contributed by atoms with E-state index in [1.807, 2.05) is 12.4 Å². The summed E-state index contributed by atoms with van der Waals surface area (Å²) in [5.74, 6) is 0. The van der Waals surface area contributed by atoms with Gasteiger partial charge in [-0.25, -0.2) is 9.97 Å². The molecule has 4 heteroatoms. The SMILES string of the molecule is CC(C)OCCCNCc1cncnc1. The molecule has 1 heterocycles. The Morgan fingerprint density at radius 2 is 2.07 bits per heavy atom. The predicted octanol–water partition coefficient (Wildman–Crippen LogP) is 1.38. The van der Waals surface area contributed by atoms with E-state index in [1.165, 1.54) is 0 Å². The minimum absolute atomic E-state index is 0.326. The molecule has 0 spiro atoms. The molecular weight excluding hydrogens is 190 g/mol. The lowest BCUT2D eigenvalue weighted by Gasteiger charge is -2.07. The van der Waals surface area contributed by atoms with Gasteiger partial charge in [0.15, 0.2) is 0 Å². The van der Waals surface area contributed by atoms with Crippen molar-refractivity contribution in [1.29, 1.82) is 0 Å². The van der Waals surface area contributed by atoms with Crippen molar-refractivity contribution in [3.63, 3.8) is 0 Å². The molecule has 0 atom stereocenters. The minimum atomic E-state index is 0.326. The average molecular weight is 209 g/mol. The van der Waals surface area contributed by atoms with Crippen molar-refractivity contribution in [3.8, 4) is 0 Å². The molecule has 0 radical (unpaired) electrons. The molecule has 0 saturated carbocycles. The second-order valence-electron chi connectivity index (χ2n) is 3.70. The highest BCUT2D eigenvalue weighted by atomic mass is 16.5. The zero-order valence-corrected chi connectivity index (χ0v) is 9.44. The van der Waals surface area contributed by atoms with E-state index in [9.17, 15) is 0 Å². The quantitative estimate of drug-likeness (QED) is 0.689. The van der Waals surface area contributed by atoms with Gasteiger partial charge in [-0.2, -0.15) is 0 Å². The van der Waals surface area contributed by atoms with Crippen molar-refractivity contribution in [2.24, 2.45) is 0 Å². The first-order valence-corrected chi connectivity index (χ1v) is 5.35. The summed E-state index contributed by atoms with van der Waals surface area (Å²) in [5.41, 5.74) is 1.11. The van der Waals surface area contributed by atoms with Gasteiger partial charge in [0.1, 0.15) is 6.33 Å². The summed E-state index contributed by atoms with van der Waals surface area (Å²) in [6.45, 7) is 6.70. The van der Waals surface area contributed by atoms with Crippen molar-refractivity contribution in [1.82, 2.24) is 15.3 Å². The molecule has 1 aromatic rings. The minimum Gasteiger partial charge on any atom is -0.379 e. The van der Waals surface area contributed by atoms with E-state index in [0.717, 1.165) is 31.7 Å². The molecule has 0 aliphatic rings. The Morgan fingerprint density at radius 1 is 1.33 bits per heavy atom. The molecule has 0 aromatic carbocycles. The molecule has 0 amide bonds. The molecule has 0 aliphatic carbocycles. The van der Waals surface area contributed by atoms with E-state index >= 15 is 0 Å². The highest BCUT2D eigenvalue weighted by Crippen LogP contribution is 1.92. The molecule has 1 rings (SSSR count). The molecule has 15 heavy (non-hydrogen) atoms. The molecule has 0 aliphatic heterocycles. The van der Waals surface area contributed by atoms with Crippen molar-refractivity contribution in [2.45, 2.75) is 32.9 Å². The maximum absolute atomic E-state index is 5.43. The largest absolute Gasteiger partial charge is 0.379 e. The van der Waals surface area contributed by atoms with Gasteiger partial charge >= 0.3 is 0 Å². The lowest BCUT2D eigenvalue weighted by atomic mass is 10.3. The number of ether oxygens (including phenoxy) is 1. The van der Waals surface area contributed by atoms with Crippen LogP contribution in [0.5, 0.6) is 0 Å². The summed E-state index contributed by atoms with van der Waals surface area (Å²) < 4.78 is 5.43. The zero-order chi connectivity index (χ0) is 10.9. The smallest absolute Gasteiger partial charge is 0.115 e. The predicted molar refractivity (Wildman–Crippen MR) is 59.4 cm³/mol. The summed E-state index contributed by atoms with van der Waals surface area (Å²) in [6, 6.07) is 0. The molecule has 0 saturated heterocycles. The number of hydrogen-bond donors (Lipinski definition) is 1. The highest BCUT2D eigenvalue weighted by molar-refractivity contribution is 5.01. The van der Waals surface area contributed by atoms with Crippen LogP contribution in [0.1, 0.15) is 25.8 Å². The van der Waals surface area contributed by atoms with Gasteiger partial charge in [-0.1, -0.05) is 0 Å². The Morgan fingerprint density at radius 3 is 2.73 bits per heavy atom. The number of aromatic nitrogens is 2. The van der Waals surface area contributed by atoms with Crippen molar-refractivity contribution < 1.29 is 4.74 Å². The molecule has 4 nitrogen and oxygen atoms in total. The third kappa shape index (κ3) is 6.14. The highest BCUT2D eigenvalue weighted by Gasteiger charge is 1.94. The van der Waals surface area contributed by atoms with Gasteiger partial charge in [0, 0.05) is 31.1 Å². The first kappa shape index (κ1) is 12.1.